The Morgan fingerprint density at radius 1 is 1.37 bits per heavy atom. The quantitative estimate of drug-likeness (QED) is 0.761. The molecule has 7 heteroatoms. The van der Waals surface area contributed by atoms with Crippen molar-refractivity contribution in [3.8, 4) is 0 Å². The Hall–Kier alpha value is -0.920. The second-order valence-electron chi connectivity index (χ2n) is 4.99. The number of likely N-dealkylation sites (tertiary alicyclic amines) is 1. The number of H-pyrrole nitrogens is 1. The molecule has 1 aliphatic rings. The molecule has 2 rings (SSSR count). The Bertz CT molecular complexity index is 492. The van der Waals surface area contributed by atoms with Crippen LogP contribution in [0.25, 0.3) is 0 Å². The summed E-state index contributed by atoms with van der Waals surface area (Å²) in [5.41, 5.74) is 0. The van der Waals surface area contributed by atoms with E-state index in [9.17, 15) is 8.42 Å². The van der Waals surface area contributed by atoms with E-state index in [-0.39, 0.29) is 5.03 Å². The zero-order valence-electron chi connectivity index (χ0n) is 11.4. The molecule has 0 unspecified atom stereocenters. The monoisotopic (exact) mass is 286 g/mol. The van der Waals surface area contributed by atoms with Gasteiger partial charge >= 0.3 is 0 Å². The lowest BCUT2D eigenvalue weighted by molar-refractivity contribution is 0.227. The molecule has 0 spiro atoms. The van der Waals surface area contributed by atoms with Crippen LogP contribution in [0.2, 0.25) is 0 Å². The van der Waals surface area contributed by atoms with Crippen molar-refractivity contribution in [2.75, 3.05) is 26.2 Å². The summed E-state index contributed by atoms with van der Waals surface area (Å²) in [7, 11) is -3.43. The number of nitrogens with zero attached hydrogens (tertiary/aromatic N) is 2. The minimum atomic E-state index is -3.43. The molecule has 0 amide bonds. The fraction of sp³-hybridized carbons (Fsp3) is 0.750. The number of aromatic nitrogens is 2. The van der Waals surface area contributed by atoms with Gasteiger partial charge in [0.25, 0.3) is 10.0 Å². The molecule has 0 bridgehead atoms. The molecule has 1 aromatic heterocycles. The topological polar surface area (TPSA) is 78.1 Å². The van der Waals surface area contributed by atoms with Gasteiger partial charge in [0, 0.05) is 6.54 Å². The van der Waals surface area contributed by atoms with E-state index in [2.05, 4.69) is 19.6 Å². The molecule has 0 radical (unpaired) electrons. The van der Waals surface area contributed by atoms with Gasteiger partial charge in [-0.1, -0.05) is 6.42 Å². The van der Waals surface area contributed by atoms with Gasteiger partial charge in [-0.15, -0.1) is 0 Å². The number of sulfonamides is 1. The predicted octanol–water partition coefficient (Wildman–Crippen LogP) is 0.872. The van der Waals surface area contributed by atoms with Gasteiger partial charge in [0.05, 0.1) is 6.20 Å². The van der Waals surface area contributed by atoms with Crippen molar-refractivity contribution in [3.63, 3.8) is 0 Å². The number of aromatic amines is 1. The van der Waals surface area contributed by atoms with Crippen molar-refractivity contribution in [2.45, 2.75) is 37.6 Å². The predicted molar refractivity (Wildman–Crippen MR) is 73.4 cm³/mol. The van der Waals surface area contributed by atoms with E-state index in [1.807, 2.05) is 0 Å². The SMILES string of the molecule is Cc1ncc(S(=O)(=O)NCCCN2CCCCC2)[nH]1. The lowest BCUT2D eigenvalue weighted by Gasteiger charge is -2.26. The molecule has 19 heavy (non-hydrogen) atoms. The molecule has 2 heterocycles. The first-order valence-electron chi connectivity index (χ1n) is 6.81. The summed E-state index contributed by atoms with van der Waals surface area (Å²) in [4.78, 5) is 9.04. The normalized spacial score (nSPS) is 17.7. The van der Waals surface area contributed by atoms with Crippen LogP contribution in [0.3, 0.4) is 0 Å². The number of imidazole rings is 1. The Kier molecular flexibility index (Phi) is 4.95. The zero-order valence-corrected chi connectivity index (χ0v) is 12.2. The lowest BCUT2D eigenvalue weighted by Crippen LogP contribution is -2.33. The Balaban J connectivity index is 1.72. The summed E-state index contributed by atoms with van der Waals surface area (Å²) >= 11 is 0. The second kappa shape index (κ2) is 6.49. The third-order valence-electron chi connectivity index (χ3n) is 3.36. The average Bonchev–Trinajstić information content (AvgIpc) is 2.84. The van der Waals surface area contributed by atoms with E-state index in [1.165, 1.54) is 25.5 Å². The summed E-state index contributed by atoms with van der Waals surface area (Å²) in [6.45, 7) is 5.45. The Morgan fingerprint density at radius 3 is 2.74 bits per heavy atom. The maximum atomic E-state index is 11.9. The number of rotatable bonds is 6. The van der Waals surface area contributed by atoms with E-state index >= 15 is 0 Å². The Labute approximate surface area is 114 Å². The van der Waals surface area contributed by atoms with Gasteiger partial charge in [0.1, 0.15) is 5.82 Å². The Morgan fingerprint density at radius 2 is 2.11 bits per heavy atom. The van der Waals surface area contributed by atoms with Crippen LogP contribution in [0, 0.1) is 6.92 Å². The largest absolute Gasteiger partial charge is 0.332 e. The molecule has 1 aliphatic heterocycles. The first kappa shape index (κ1) is 14.5. The van der Waals surface area contributed by atoms with Crippen molar-refractivity contribution >= 4 is 10.0 Å². The average molecular weight is 286 g/mol. The number of aryl methyl sites for hydroxylation is 1. The molecule has 6 nitrogen and oxygen atoms in total. The van der Waals surface area contributed by atoms with Gasteiger partial charge in [0.15, 0.2) is 5.03 Å². The smallest absolute Gasteiger partial charge is 0.257 e. The van der Waals surface area contributed by atoms with Crippen molar-refractivity contribution in [2.24, 2.45) is 0 Å². The molecule has 0 atom stereocenters. The lowest BCUT2D eigenvalue weighted by atomic mass is 10.1. The van der Waals surface area contributed by atoms with Gasteiger partial charge < -0.3 is 9.88 Å². The van der Waals surface area contributed by atoms with Crippen LogP contribution in [-0.2, 0) is 10.0 Å². The first-order chi connectivity index (χ1) is 9.08. The fourth-order valence-electron chi connectivity index (χ4n) is 2.30. The summed E-state index contributed by atoms with van der Waals surface area (Å²) in [5.74, 6) is 0.605. The summed E-state index contributed by atoms with van der Waals surface area (Å²) < 4.78 is 26.4. The highest BCUT2D eigenvalue weighted by Gasteiger charge is 2.16. The number of hydrogen-bond donors (Lipinski definition) is 2. The maximum Gasteiger partial charge on any atom is 0.257 e. The summed E-state index contributed by atoms with van der Waals surface area (Å²) in [6, 6.07) is 0. The van der Waals surface area contributed by atoms with Crippen molar-refractivity contribution in [1.82, 2.24) is 19.6 Å². The molecule has 0 aromatic carbocycles. The van der Waals surface area contributed by atoms with Crippen LogP contribution < -0.4 is 4.72 Å². The van der Waals surface area contributed by atoms with Crippen molar-refractivity contribution in [1.29, 1.82) is 0 Å². The van der Waals surface area contributed by atoms with Crippen molar-refractivity contribution in [3.05, 3.63) is 12.0 Å². The van der Waals surface area contributed by atoms with Crippen molar-refractivity contribution < 1.29 is 8.42 Å². The molecule has 2 N–H and O–H groups in total. The number of piperidine rings is 1. The maximum absolute atomic E-state index is 11.9. The van der Waals surface area contributed by atoms with Crippen LogP contribution in [0.5, 0.6) is 0 Å². The fourth-order valence-corrected chi connectivity index (χ4v) is 3.35. The van der Waals surface area contributed by atoms with E-state index in [1.54, 1.807) is 6.92 Å². The molecule has 0 saturated carbocycles. The molecular weight excluding hydrogens is 264 g/mol. The highest BCUT2D eigenvalue weighted by molar-refractivity contribution is 7.89. The van der Waals surface area contributed by atoms with Gasteiger partial charge in [-0.3, -0.25) is 0 Å². The van der Waals surface area contributed by atoms with Gasteiger partial charge in [-0.05, 0) is 45.8 Å². The van der Waals surface area contributed by atoms with Crippen LogP contribution in [0.4, 0.5) is 0 Å². The highest BCUT2D eigenvalue weighted by atomic mass is 32.2. The summed E-state index contributed by atoms with van der Waals surface area (Å²) in [6.07, 6.45) is 6.04. The van der Waals surface area contributed by atoms with E-state index < -0.39 is 10.0 Å². The standard InChI is InChI=1S/C12H22N4O2S/c1-11-13-10-12(15-11)19(17,18)14-6-5-9-16-7-3-2-4-8-16/h10,14H,2-9H2,1H3,(H,13,15). The third kappa shape index (κ3) is 4.29. The number of nitrogens with one attached hydrogen (secondary N) is 2. The third-order valence-corrected chi connectivity index (χ3v) is 4.73. The molecule has 1 fully saturated rings. The summed E-state index contributed by atoms with van der Waals surface area (Å²) in [5, 5.41) is 0.142. The zero-order chi connectivity index (χ0) is 13.7. The van der Waals surface area contributed by atoms with Gasteiger partial charge in [-0.2, -0.15) is 0 Å². The number of hydrogen-bond acceptors (Lipinski definition) is 4. The minimum absolute atomic E-state index is 0.142. The van der Waals surface area contributed by atoms with Crippen LogP contribution in [-0.4, -0.2) is 49.5 Å². The molecular formula is C12H22N4O2S. The van der Waals surface area contributed by atoms with Crippen LogP contribution >= 0.6 is 0 Å². The van der Waals surface area contributed by atoms with Gasteiger partial charge in [-0.25, -0.2) is 18.1 Å². The van der Waals surface area contributed by atoms with E-state index in [4.69, 9.17) is 0 Å². The molecule has 1 saturated heterocycles. The van der Waals surface area contributed by atoms with E-state index in [0.717, 1.165) is 26.1 Å². The highest BCUT2D eigenvalue weighted by Crippen LogP contribution is 2.09. The molecule has 108 valence electrons. The van der Waals surface area contributed by atoms with Crippen LogP contribution in [0.15, 0.2) is 11.2 Å². The first-order valence-corrected chi connectivity index (χ1v) is 8.30. The van der Waals surface area contributed by atoms with E-state index in [0.29, 0.717) is 12.4 Å². The van der Waals surface area contributed by atoms with Crippen LogP contribution in [0.1, 0.15) is 31.5 Å². The van der Waals surface area contributed by atoms with Gasteiger partial charge in [0.2, 0.25) is 0 Å². The minimum Gasteiger partial charge on any atom is -0.332 e. The molecule has 0 aliphatic carbocycles. The second-order valence-corrected chi connectivity index (χ2v) is 6.72. The molecule has 1 aromatic rings.